The second-order valence-electron chi connectivity index (χ2n) is 16.1. The van der Waals surface area contributed by atoms with Crippen molar-refractivity contribution in [3.63, 3.8) is 0 Å². The van der Waals surface area contributed by atoms with Crippen LogP contribution < -0.4 is 32.0 Å². The lowest BCUT2D eigenvalue weighted by atomic mass is 9.98. The van der Waals surface area contributed by atoms with Gasteiger partial charge in [0.25, 0.3) is 0 Å². The number of aromatic amines is 1. The maximum Gasteiger partial charge on any atom is 0.421 e. The molecule has 2 aliphatic rings. The Morgan fingerprint density at radius 2 is 1.01 bits per heavy atom. The molecule has 7 N–H and O–H groups in total. The van der Waals surface area contributed by atoms with E-state index in [1.807, 2.05) is 30.8 Å². The van der Waals surface area contributed by atoms with E-state index < -0.39 is 12.2 Å². The van der Waals surface area contributed by atoms with Gasteiger partial charge in [0, 0.05) is 31.9 Å². The molecule has 0 spiro atoms. The first-order valence-electron chi connectivity index (χ1n) is 24.0. The molecule has 21 heteroatoms. The van der Waals surface area contributed by atoms with Crippen LogP contribution in [-0.2, 0) is 44.3 Å². The van der Waals surface area contributed by atoms with Crippen molar-refractivity contribution in [2.24, 2.45) is 11.7 Å². The molecule has 388 valence electrons. The summed E-state index contributed by atoms with van der Waals surface area (Å²) in [7, 11) is 3.25. The van der Waals surface area contributed by atoms with Crippen LogP contribution in [0.25, 0.3) is 44.4 Å². The number of carbonyl (C=O) groups is 2. The summed E-state index contributed by atoms with van der Waals surface area (Å²) in [5.74, 6) is 11.4. The maximum absolute atomic E-state index is 11.8. The lowest BCUT2D eigenvalue weighted by Crippen LogP contribution is -2.30. The number of ether oxygens (including phenoxy) is 10. The van der Waals surface area contributed by atoms with Crippen LogP contribution in [0.15, 0.2) is 36.7 Å². The van der Waals surface area contributed by atoms with Gasteiger partial charge in [-0.3, -0.25) is 20.8 Å². The monoisotopic (exact) mass is 990 g/mol. The number of hydrogen-bond donors (Lipinski definition) is 5. The van der Waals surface area contributed by atoms with E-state index in [1.54, 1.807) is 38.7 Å². The van der Waals surface area contributed by atoms with Gasteiger partial charge in [0.15, 0.2) is 11.5 Å². The van der Waals surface area contributed by atoms with E-state index in [2.05, 4.69) is 24.9 Å². The minimum Gasteiger partial charge on any atom is -0.487 e. The van der Waals surface area contributed by atoms with E-state index in [-0.39, 0.29) is 33.0 Å². The molecule has 21 nitrogen and oxygen atoms in total. The third kappa shape index (κ3) is 17.1. The number of aromatic nitrogens is 5. The zero-order valence-electron chi connectivity index (χ0n) is 41.9. The van der Waals surface area contributed by atoms with Gasteiger partial charge in [0.2, 0.25) is 0 Å². The summed E-state index contributed by atoms with van der Waals surface area (Å²) in [6.07, 6.45) is 5.75. The van der Waals surface area contributed by atoms with Crippen LogP contribution >= 0.6 is 0 Å². The normalized spacial score (nSPS) is 12.3. The lowest BCUT2D eigenvalue weighted by Gasteiger charge is -2.14. The molecule has 71 heavy (non-hydrogen) atoms. The number of rotatable bonds is 30. The highest BCUT2D eigenvalue weighted by atomic mass is 16.6. The van der Waals surface area contributed by atoms with Crippen LogP contribution in [-0.4, -0.2) is 144 Å². The average Bonchev–Trinajstić information content (AvgIpc) is 3.98. The molecule has 0 aliphatic carbocycles. The Morgan fingerprint density at radius 3 is 1.54 bits per heavy atom. The minimum atomic E-state index is -0.707. The molecule has 0 unspecified atom stereocenters. The lowest BCUT2D eigenvalue weighted by molar-refractivity contribution is 0.0160. The zero-order valence-corrected chi connectivity index (χ0v) is 41.9. The number of carbonyl (C=O) groups excluding carboxylic acids is 2. The summed E-state index contributed by atoms with van der Waals surface area (Å²) < 4.78 is 55.9. The first-order valence-corrected chi connectivity index (χ1v) is 24.0. The number of aryl methyl sites for hydroxylation is 2. The van der Waals surface area contributed by atoms with Crippen LogP contribution in [0.2, 0.25) is 0 Å². The Labute approximate surface area is 414 Å². The molecule has 0 atom stereocenters. The van der Waals surface area contributed by atoms with Crippen molar-refractivity contribution in [2.45, 2.75) is 66.2 Å². The molecule has 2 aromatic heterocycles. The molecule has 0 saturated carbocycles. The highest BCUT2D eigenvalue weighted by Gasteiger charge is 2.22. The van der Waals surface area contributed by atoms with Gasteiger partial charge < -0.3 is 52.4 Å². The number of H-pyrrole nitrogens is 1. The van der Waals surface area contributed by atoms with Crippen molar-refractivity contribution in [1.82, 2.24) is 35.8 Å². The van der Waals surface area contributed by atoms with Crippen molar-refractivity contribution in [3.8, 4) is 11.5 Å². The Hall–Kier alpha value is -6.04. The molecule has 1 aromatic carbocycles. The number of hydrogen-bond acceptors (Lipinski definition) is 18. The number of nitrogens with two attached hydrogens (primary N) is 2. The molecule has 0 fully saturated rings. The van der Waals surface area contributed by atoms with E-state index >= 15 is 0 Å². The summed E-state index contributed by atoms with van der Waals surface area (Å²) in [6.45, 7) is 13.2. The number of hydrazine groups is 2. The van der Waals surface area contributed by atoms with Crippen molar-refractivity contribution in [2.75, 3.05) is 107 Å². The molecule has 4 heterocycles. The fraction of sp³-hybridized carbons (Fsp3) is 0.520. The summed E-state index contributed by atoms with van der Waals surface area (Å²) in [5.41, 5.74) is 15.7. The number of nitrogens with one attached hydrogen (secondary N) is 3. The number of fused-ring (bicyclic) bond motifs is 7. The van der Waals surface area contributed by atoms with Crippen molar-refractivity contribution >= 4 is 56.5 Å². The van der Waals surface area contributed by atoms with E-state index in [0.717, 1.165) is 74.4 Å². The van der Waals surface area contributed by atoms with E-state index in [0.29, 0.717) is 113 Å². The quantitative estimate of drug-likeness (QED) is 0.0211. The van der Waals surface area contributed by atoms with Crippen LogP contribution in [0.3, 0.4) is 0 Å². The van der Waals surface area contributed by atoms with Gasteiger partial charge in [0.1, 0.15) is 13.2 Å². The topological polar surface area (TPSA) is 270 Å². The highest BCUT2D eigenvalue weighted by molar-refractivity contribution is 5.95. The second-order valence-corrected chi connectivity index (χ2v) is 16.1. The van der Waals surface area contributed by atoms with Gasteiger partial charge in [-0.15, -0.1) is 0 Å². The fourth-order valence-corrected chi connectivity index (χ4v) is 7.81. The zero-order chi connectivity index (χ0) is 50.8. The Morgan fingerprint density at radius 1 is 0.549 bits per heavy atom. The highest BCUT2D eigenvalue weighted by Crippen LogP contribution is 2.38. The molecule has 0 radical (unpaired) electrons. The number of allylic oxidation sites excluding steroid dienone is 4. The summed E-state index contributed by atoms with van der Waals surface area (Å²) in [6, 6.07) is 7.69. The smallest absolute Gasteiger partial charge is 0.421 e. The predicted molar refractivity (Wildman–Crippen MR) is 269 cm³/mol. The maximum atomic E-state index is 11.8. The summed E-state index contributed by atoms with van der Waals surface area (Å²) >= 11 is 0. The van der Waals surface area contributed by atoms with E-state index in [9.17, 15) is 9.59 Å². The van der Waals surface area contributed by atoms with E-state index in [1.165, 1.54) is 0 Å². The number of benzene rings is 1. The molecular weight excluding hydrogens is 919 g/mol. The van der Waals surface area contributed by atoms with Crippen molar-refractivity contribution < 1.29 is 57.0 Å². The first-order chi connectivity index (χ1) is 34.6. The number of methoxy groups -OCH3 is 2. The second kappa shape index (κ2) is 30.6. The molecule has 6 bridgehead atoms. The third-order valence-corrected chi connectivity index (χ3v) is 11.4. The molecule has 3 aromatic rings. The summed E-state index contributed by atoms with van der Waals surface area (Å²) in [4.78, 5) is 47.7. The molecular formula is C50H71N9O12. The number of amides is 2. The largest absolute Gasteiger partial charge is 0.487 e. The predicted octanol–water partition coefficient (Wildman–Crippen LogP) is 6.34. The van der Waals surface area contributed by atoms with Gasteiger partial charge in [-0.2, -0.15) is 0 Å². The molecule has 2 amide bonds. The van der Waals surface area contributed by atoms with Gasteiger partial charge in [-0.05, 0) is 97.9 Å². The van der Waals surface area contributed by atoms with E-state index in [4.69, 9.17) is 79.0 Å². The van der Waals surface area contributed by atoms with Crippen molar-refractivity contribution in [1.29, 1.82) is 0 Å². The summed E-state index contributed by atoms with van der Waals surface area (Å²) in [5, 5.41) is 0. The van der Waals surface area contributed by atoms with Gasteiger partial charge in [-0.1, -0.05) is 13.8 Å². The van der Waals surface area contributed by atoms with Crippen LogP contribution in [0.4, 0.5) is 9.59 Å². The molecule has 5 rings (SSSR count). The minimum absolute atomic E-state index is 0.151. The third-order valence-electron chi connectivity index (χ3n) is 11.4. The molecule has 2 aliphatic heterocycles. The van der Waals surface area contributed by atoms with Crippen LogP contribution in [0, 0.1) is 6.92 Å². The van der Waals surface area contributed by atoms with Gasteiger partial charge in [-0.25, -0.2) is 31.2 Å². The van der Waals surface area contributed by atoms with Crippen LogP contribution in [0.1, 0.15) is 86.8 Å². The average molecular weight is 990 g/mol. The van der Waals surface area contributed by atoms with Gasteiger partial charge >= 0.3 is 12.2 Å². The Balaban J connectivity index is 1.67. The Bertz CT molecular complexity index is 2480. The standard InChI is InChI=1S/C50H71N9O12/c1-7-35-36(8-2)40-28-42-38(12-10-14-71-50(61)59-52)34(4)46(57-42)32-54-44-30-48(69-26-24-67-22-20-65-18-16-63-6)47(68-25-23-66-21-19-64-17-15-62-5)29-43(44)53-31-45-33(3)37(11-9-13-70-49(60)58-51)41(56-45)27-39(35)55-40/h27-32,56H,7-26,51-52H2,1-6H3,(H,58,60)(H,59,61). The van der Waals surface area contributed by atoms with Crippen LogP contribution in [0.5, 0.6) is 11.5 Å². The first kappa shape index (κ1) is 55.9. The number of nitrogens with zero attached hydrogens (tertiary/aromatic N) is 4. The SMILES string of the molecule is CCC1=C(CC)c2cc3[nH]c(cnc4cc(OCCOCCOCCOC)c(OCCOCCOCCOC)cc4ncc4nc(cc1n2)C(CCCOC(=O)NN)=C4C)c(C)c3CCCOC(=O)NN. The van der Waals surface area contributed by atoms with Crippen molar-refractivity contribution in [3.05, 3.63) is 70.6 Å². The molecule has 0 saturated heterocycles. The fourth-order valence-electron chi connectivity index (χ4n) is 7.81. The Kier molecular flexibility index (Phi) is 24.1. The van der Waals surface area contributed by atoms with Gasteiger partial charge in [0.05, 0.1) is 131 Å².